The van der Waals surface area contributed by atoms with E-state index in [1.165, 1.54) is 11.8 Å². The van der Waals surface area contributed by atoms with Crippen LogP contribution in [0.4, 0.5) is 4.79 Å². The summed E-state index contributed by atoms with van der Waals surface area (Å²) in [7, 11) is 0. The molecular formula is C16H23NO2S. The van der Waals surface area contributed by atoms with Crippen molar-refractivity contribution in [2.24, 2.45) is 0 Å². The van der Waals surface area contributed by atoms with Crippen LogP contribution in [0.25, 0.3) is 0 Å². The summed E-state index contributed by atoms with van der Waals surface area (Å²) in [5.41, 5.74) is 1.08. The van der Waals surface area contributed by atoms with Crippen molar-refractivity contribution in [3.8, 4) is 0 Å². The molecule has 0 N–H and O–H groups in total. The van der Waals surface area contributed by atoms with Crippen LogP contribution >= 0.6 is 11.8 Å². The third kappa shape index (κ3) is 5.00. The molecule has 1 amide bonds. The molecule has 0 aromatic heterocycles. The van der Waals surface area contributed by atoms with Crippen LogP contribution in [-0.2, 0) is 11.2 Å². The van der Waals surface area contributed by atoms with Crippen LogP contribution < -0.4 is 0 Å². The van der Waals surface area contributed by atoms with E-state index in [4.69, 9.17) is 0 Å². The molecule has 0 spiro atoms. The molecule has 20 heavy (non-hydrogen) atoms. The van der Waals surface area contributed by atoms with Crippen LogP contribution in [-0.4, -0.2) is 29.0 Å². The number of benzene rings is 1. The molecule has 0 fully saturated rings. The van der Waals surface area contributed by atoms with Gasteiger partial charge in [-0.05, 0) is 43.7 Å². The van der Waals surface area contributed by atoms with Crippen molar-refractivity contribution >= 4 is 22.8 Å². The van der Waals surface area contributed by atoms with Gasteiger partial charge in [0, 0.05) is 30.8 Å². The Balaban J connectivity index is 2.74. The summed E-state index contributed by atoms with van der Waals surface area (Å²) in [6, 6.07) is 7.85. The van der Waals surface area contributed by atoms with Gasteiger partial charge >= 0.3 is 0 Å². The third-order valence-corrected chi connectivity index (χ3v) is 4.31. The highest BCUT2D eigenvalue weighted by Crippen LogP contribution is 2.26. The van der Waals surface area contributed by atoms with Crippen molar-refractivity contribution in [2.75, 3.05) is 13.1 Å². The van der Waals surface area contributed by atoms with Gasteiger partial charge in [-0.25, -0.2) is 0 Å². The highest BCUT2D eigenvalue weighted by molar-refractivity contribution is 8.13. The van der Waals surface area contributed by atoms with Crippen molar-refractivity contribution in [3.63, 3.8) is 0 Å². The minimum atomic E-state index is 0.0734. The number of nitrogens with zero attached hydrogens (tertiary/aromatic N) is 1. The second-order valence-electron chi connectivity index (χ2n) is 4.54. The van der Waals surface area contributed by atoms with E-state index in [9.17, 15) is 9.59 Å². The Kier molecular flexibility index (Phi) is 7.37. The first-order chi connectivity index (χ1) is 9.62. The molecule has 1 rings (SSSR count). The lowest BCUT2D eigenvalue weighted by atomic mass is 10.1. The maximum Gasteiger partial charge on any atom is 0.286 e. The summed E-state index contributed by atoms with van der Waals surface area (Å²) < 4.78 is 0. The number of thioether (sulfide) groups is 1. The zero-order chi connectivity index (χ0) is 15.0. The fourth-order valence-corrected chi connectivity index (χ4v) is 2.92. The van der Waals surface area contributed by atoms with Crippen LogP contribution in [0.2, 0.25) is 0 Å². The van der Waals surface area contributed by atoms with Crippen LogP contribution in [0.15, 0.2) is 29.2 Å². The molecule has 3 nitrogen and oxygen atoms in total. The number of carbonyl (C=O) groups is 2. The molecule has 1 aromatic carbocycles. The third-order valence-electron chi connectivity index (χ3n) is 3.26. The van der Waals surface area contributed by atoms with Crippen molar-refractivity contribution in [3.05, 3.63) is 29.8 Å². The summed E-state index contributed by atoms with van der Waals surface area (Å²) in [5.74, 6) is 0.264. The highest BCUT2D eigenvalue weighted by atomic mass is 32.2. The van der Waals surface area contributed by atoms with Crippen LogP contribution in [0.3, 0.4) is 0 Å². The Morgan fingerprint density at radius 2 is 1.75 bits per heavy atom. The number of hydrogen-bond acceptors (Lipinski definition) is 3. The Morgan fingerprint density at radius 1 is 1.10 bits per heavy atom. The molecule has 0 saturated heterocycles. The highest BCUT2D eigenvalue weighted by Gasteiger charge is 2.14. The molecule has 0 aliphatic heterocycles. The Labute approximate surface area is 125 Å². The van der Waals surface area contributed by atoms with Gasteiger partial charge in [-0.15, -0.1) is 0 Å². The van der Waals surface area contributed by atoms with Crippen molar-refractivity contribution in [2.45, 2.75) is 44.9 Å². The second kappa shape index (κ2) is 8.80. The SMILES string of the molecule is CCC(=O)CCc1ccccc1SC(=O)N(CC)CC. The zero-order valence-electron chi connectivity index (χ0n) is 12.5. The molecule has 0 heterocycles. The lowest BCUT2D eigenvalue weighted by molar-refractivity contribution is -0.118. The van der Waals surface area contributed by atoms with E-state index in [0.29, 0.717) is 19.3 Å². The molecule has 1 aromatic rings. The molecule has 0 saturated carbocycles. The number of amides is 1. The maximum atomic E-state index is 12.1. The number of ketones is 1. The number of rotatable bonds is 7. The molecule has 0 unspecified atom stereocenters. The van der Waals surface area contributed by atoms with E-state index in [1.54, 1.807) is 4.90 Å². The van der Waals surface area contributed by atoms with Gasteiger partial charge in [-0.2, -0.15) is 0 Å². The second-order valence-corrected chi connectivity index (χ2v) is 5.53. The van der Waals surface area contributed by atoms with Crippen LogP contribution in [0, 0.1) is 0 Å². The predicted octanol–water partition coefficient (Wildman–Crippen LogP) is 4.15. The molecule has 4 heteroatoms. The predicted molar refractivity (Wildman–Crippen MR) is 84.2 cm³/mol. The molecule has 0 bridgehead atoms. The van der Waals surface area contributed by atoms with Gasteiger partial charge in [0.1, 0.15) is 5.78 Å². The molecule has 0 aliphatic carbocycles. The van der Waals surface area contributed by atoms with Gasteiger partial charge in [0.15, 0.2) is 0 Å². The van der Waals surface area contributed by atoms with Gasteiger partial charge in [0.2, 0.25) is 0 Å². The van der Waals surface area contributed by atoms with Crippen LogP contribution in [0.1, 0.15) is 39.2 Å². The molecular weight excluding hydrogens is 270 g/mol. The van der Waals surface area contributed by atoms with E-state index in [-0.39, 0.29) is 11.0 Å². The number of Topliss-reactive ketones (excluding diaryl/α,β-unsaturated/α-hetero) is 1. The average molecular weight is 293 g/mol. The first-order valence-electron chi connectivity index (χ1n) is 7.18. The Hall–Kier alpha value is -1.29. The fourth-order valence-electron chi connectivity index (χ4n) is 1.90. The average Bonchev–Trinajstić information content (AvgIpc) is 2.47. The van der Waals surface area contributed by atoms with Gasteiger partial charge in [-0.3, -0.25) is 9.59 Å². The molecule has 0 aliphatic rings. The van der Waals surface area contributed by atoms with E-state index >= 15 is 0 Å². The van der Waals surface area contributed by atoms with Crippen molar-refractivity contribution < 1.29 is 9.59 Å². The topological polar surface area (TPSA) is 37.4 Å². The molecule has 0 atom stereocenters. The number of hydrogen-bond donors (Lipinski definition) is 0. The minimum Gasteiger partial charge on any atom is -0.334 e. The Morgan fingerprint density at radius 3 is 2.35 bits per heavy atom. The summed E-state index contributed by atoms with van der Waals surface area (Å²) in [5, 5.41) is 0.0734. The van der Waals surface area contributed by atoms with E-state index < -0.39 is 0 Å². The maximum absolute atomic E-state index is 12.1. The molecule has 0 radical (unpaired) electrons. The standard InChI is InChI=1S/C16H23NO2S/c1-4-14(18)12-11-13-9-7-8-10-15(13)20-16(19)17(5-2)6-3/h7-10H,4-6,11-12H2,1-3H3. The van der Waals surface area contributed by atoms with Gasteiger partial charge < -0.3 is 4.90 Å². The monoisotopic (exact) mass is 293 g/mol. The van der Waals surface area contributed by atoms with Crippen molar-refractivity contribution in [1.29, 1.82) is 0 Å². The number of aryl methyl sites for hydroxylation is 1. The summed E-state index contributed by atoms with van der Waals surface area (Å²) in [4.78, 5) is 26.4. The van der Waals surface area contributed by atoms with E-state index in [0.717, 1.165) is 23.5 Å². The first kappa shape index (κ1) is 16.8. The smallest absolute Gasteiger partial charge is 0.286 e. The van der Waals surface area contributed by atoms with Crippen LogP contribution in [0.5, 0.6) is 0 Å². The lowest BCUT2D eigenvalue weighted by Crippen LogP contribution is -2.26. The lowest BCUT2D eigenvalue weighted by Gasteiger charge is -2.18. The molecule has 110 valence electrons. The largest absolute Gasteiger partial charge is 0.334 e. The minimum absolute atomic E-state index is 0.0734. The zero-order valence-corrected chi connectivity index (χ0v) is 13.3. The number of carbonyl (C=O) groups excluding carboxylic acids is 2. The Bertz CT molecular complexity index is 456. The van der Waals surface area contributed by atoms with Crippen molar-refractivity contribution in [1.82, 2.24) is 4.90 Å². The van der Waals surface area contributed by atoms with E-state index in [2.05, 4.69) is 0 Å². The van der Waals surface area contributed by atoms with Gasteiger partial charge in [-0.1, -0.05) is 25.1 Å². The van der Waals surface area contributed by atoms with E-state index in [1.807, 2.05) is 45.0 Å². The summed E-state index contributed by atoms with van der Waals surface area (Å²) >= 11 is 1.26. The normalized spacial score (nSPS) is 10.3. The van der Waals surface area contributed by atoms with Gasteiger partial charge in [0.05, 0.1) is 0 Å². The first-order valence-corrected chi connectivity index (χ1v) is 8.00. The van der Waals surface area contributed by atoms with Gasteiger partial charge in [0.25, 0.3) is 5.24 Å². The quantitative estimate of drug-likeness (QED) is 0.709. The summed E-state index contributed by atoms with van der Waals surface area (Å²) in [6.07, 6.45) is 1.84. The summed E-state index contributed by atoms with van der Waals surface area (Å²) in [6.45, 7) is 7.28. The fraction of sp³-hybridized carbons (Fsp3) is 0.500.